The fourth-order valence-electron chi connectivity index (χ4n) is 4.62. The number of amides is 2. The fraction of sp³-hybridized carbons (Fsp3) is 0.550. The molecule has 1 spiro atoms. The van der Waals surface area contributed by atoms with Crippen LogP contribution in [0.4, 0.5) is 10.5 Å². The smallest absolute Gasteiger partial charge is 0.321 e. The van der Waals surface area contributed by atoms with Crippen LogP contribution in [-0.2, 0) is 0 Å². The number of nitrogens with one attached hydrogen (secondary N) is 2. The van der Waals surface area contributed by atoms with E-state index in [0.29, 0.717) is 11.8 Å². The lowest BCUT2D eigenvalue weighted by Crippen LogP contribution is -2.62. The molecular weight excluding hydrogens is 356 g/mol. The number of carbonyl (C=O) groups is 1. The van der Waals surface area contributed by atoms with E-state index in [9.17, 15) is 4.79 Å². The van der Waals surface area contributed by atoms with Gasteiger partial charge in [-0.25, -0.2) is 9.78 Å². The Morgan fingerprint density at radius 1 is 1.25 bits per heavy atom. The van der Waals surface area contributed by atoms with Crippen molar-refractivity contribution in [2.75, 3.05) is 45.7 Å². The summed E-state index contributed by atoms with van der Waals surface area (Å²) >= 11 is 0. The zero-order valence-corrected chi connectivity index (χ0v) is 16.3. The minimum absolute atomic E-state index is 0.0552. The summed E-state index contributed by atoms with van der Waals surface area (Å²) in [7, 11) is 3.77. The van der Waals surface area contributed by atoms with Crippen molar-refractivity contribution in [2.45, 2.75) is 24.7 Å². The summed E-state index contributed by atoms with van der Waals surface area (Å²) in [6, 6.07) is 7.34. The predicted molar refractivity (Wildman–Crippen MR) is 105 cm³/mol. The van der Waals surface area contributed by atoms with Crippen LogP contribution in [0.3, 0.4) is 0 Å². The number of H-pyrrole nitrogens is 1. The summed E-state index contributed by atoms with van der Waals surface area (Å²) < 4.78 is 5.16. The molecule has 1 aromatic carbocycles. The van der Waals surface area contributed by atoms with Gasteiger partial charge in [0.2, 0.25) is 0 Å². The summed E-state index contributed by atoms with van der Waals surface area (Å²) in [6.07, 6.45) is 2.40. The van der Waals surface area contributed by atoms with Crippen LogP contribution < -0.4 is 10.1 Å². The van der Waals surface area contributed by atoms with Gasteiger partial charge in [-0.3, -0.25) is 5.10 Å². The molecule has 2 N–H and O–H groups in total. The summed E-state index contributed by atoms with van der Waals surface area (Å²) in [4.78, 5) is 21.7. The maximum atomic E-state index is 12.6. The number of benzene rings is 1. The van der Waals surface area contributed by atoms with Crippen LogP contribution in [0, 0.1) is 5.41 Å². The lowest BCUT2D eigenvalue weighted by Gasteiger charge is -2.50. The lowest BCUT2D eigenvalue weighted by atomic mass is 9.71. The number of hydrogen-bond acceptors (Lipinski definition) is 5. The molecule has 28 heavy (non-hydrogen) atoms. The topological polar surface area (TPSA) is 86.4 Å². The molecule has 1 unspecified atom stereocenters. The number of methoxy groups -OCH3 is 1. The van der Waals surface area contributed by atoms with E-state index in [1.54, 1.807) is 7.11 Å². The van der Waals surface area contributed by atoms with Gasteiger partial charge in [0, 0.05) is 49.1 Å². The minimum atomic E-state index is -0.0552. The molecule has 1 aromatic heterocycles. The van der Waals surface area contributed by atoms with E-state index in [1.165, 1.54) is 12.8 Å². The molecule has 3 fully saturated rings. The van der Waals surface area contributed by atoms with Crippen molar-refractivity contribution in [3.8, 4) is 5.75 Å². The van der Waals surface area contributed by atoms with Crippen molar-refractivity contribution < 1.29 is 9.53 Å². The van der Waals surface area contributed by atoms with E-state index >= 15 is 0 Å². The first-order chi connectivity index (χ1) is 13.6. The van der Waals surface area contributed by atoms with Crippen LogP contribution >= 0.6 is 0 Å². The monoisotopic (exact) mass is 382 g/mol. The molecule has 3 aliphatic rings. The Bertz CT molecular complexity index is 869. The van der Waals surface area contributed by atoms with Gasteiger partial charge in [0.1, 0.15) is 11.6 Å². The molecular formula is C20H26N6O2. The normalized spacial score (nSPS) is 23.6. The van der Waals surface area contributed by atoms with E-state index < -0.39 is 0 Å². The third-order valence-corrected chi connectivity index (χ3v) is 6.25. The number of anilines is 1. The number of ether oxygens (including phenoxy) is 1. The largest absolute Gasteiger partial charge is 0.497 e. The molecule has 2 aromatic rings. The third-order valence-electron chi connectivity index (χ3n) is 6.25. The zero-order valence-electron chi connectivity index (χ0n) is 16.3. The molecule has 2 saturated heterocycles. The molecule has 0 bridgehead atoms. The number of likely N-dealkylation sites (tertiary alicyclic amines) is 2. The summed E-state index contributed by atoms with van der Waals surface area (Å²) in [6.45, 7) is 3.41. The zero-order chi connectivity index (χ0) is 19.3. The Labute approximate surface area is 164 Å². The second-order valence-corrected chi connectivity index (χ2v) is 8.48. The average molecular weight is 382 g/mol. The van der Waals surface area contributed by atoms with Gasteiger partial charge >= 0.3 is 6.03 Å². The highest BCUT2D eigenvalue weighted by molar-refractivity contribution is 5.90. The Balaban J connectivity index is 1.25. The van der Waals surface area contributed by atoms with Crippen molar-refractivity contribution in [2.24, 2.45) is 5.41 Å². The quantitative estimate of drug-likeness (QED) is 0.847. The third kappa shape index (κ3) is 3.01. The van der Waals surface area contributed by atoms with Gasteiger partial charge in [-0.2, -0.15) is 5.10 Å². The molecule has 148 valence electrons. The van der Waals surface area contributed by atoms with E-state index in [0.717, 1.165) is 49.3 Å². The van der Waals surface area contributed by atoms with Crippen LogP contribution in [0.2, 0.25) is 0 Å². The highest BCUT2D eigenvalue weighted by atomic mass is 16.5. The van der Waals surface area contributed by atoms with Gasteiger partial charge < -0.3 is 19.9 Å². The molecule has 1 saturated carbocycles. The number of likely N-dealkylation sites (N-methyl/N-ethyl adjacent to an activating group) is 1. The molecule has 8 nitrogen and oxygen atoms in total. The second-order valence-electron chi connectivity index (χ2n) is 8.48. The Kier molecular flexibility index (Phi) is 4.04. The maximum absolute atomic E-state index is 12.6. The maximum Gasteiger partial charge on any atom is 0.321 e. The standard InChI is InChI=1S/C20H26N6O2/c1-25-9-16(18-22-17(23-24-18)13-3-4-13)20(10-25)11-26(12-20)19(27)21-14-5-7-15(28-2)8-6-14/h5-8,13,16H,3-4,9-12H2,1-2H3,(H,21,27)(H,22,23,24). The summed E-state index contributed by atoms with van der Waals surface area (Å²) in [5.74, 6) is 3.57. The Morgan fingerprint density at radius 2 is 2.00 bits per heavy atom. The van der Waals surface area contributed by atoms with Crippen molar-refractivity contribution in [1.29, 1.82) is 0 Å². The fourth-order valence-corrected chi connectivity index (χ4v) is 4.62. The molecule has 3 heterocycles. The van der Waals surface area contributed by atoms with E-state index in [2.05, 4.69) is 27.5 Å². The van der Waals surface area contributed by atoms with Crippen molar-refractivity contribution in [1.82, 2.24) is 25.0 Å². The number of nitrogens with zero attached hydrogens (tertiary/aromatic N) is 4. The number of urea groups is 1. The predicted octanol–water partition coefficient (Wildman–Crippen LogP) is 2.25. The minimum Gasteiger partial charge on any atom is -0.497 e. The number of carbonyl (C=O) groups excluding carboxylic acids is 1. The first-order valence-electron chi connectivity index (χ1n) is 9.87. The Hall–Kier alpha value is -2.61. The lowest BCUT2D eigenvalue weighted by molar-refractivity contribution is 0.0322. The van der Waals surface area contributed by atoms with Crippen molar-refractivity contribution in [3.63, 3.8) is 0 Å². The van der Waals surface area contributed by atoms with Crippen molar-refractivity contribution in [3.05, 3.63) is 35.9 Å². The van der Waals surface area contributed by atoms with Crippen LogP contribution in [0.1, 0.15) is 36.3 Å². The van der Waals surface area contributed by atoms with Gasteiger partial charge in [-0.1, -0.05) is 0 Å². The van der Waals surface area contributed by atoms with Crippen LogP contribution in [0.15, 0.2) is 24.3 Å². The van der Waals surface area contributed by atoms with E-state index in [4.69, 9.17) is 9.72 Å². The van der Waals surface area contributed by atoms with E-state index in [-0.39, 0.29) is 11.4 Å². The SMILES string of the molecule is COc1ccc(NC(=O)N2CC3(CN(C)CC3c3nc(C4CC4)n[nH]3)C2)cc1. The molecule has 5 rings (SSSR count). The van der Waals surface area contributed by atoms with E-state index in [1.807, 2.05) is 29.2 Å². The first-order valence-corrected chi connectivity index (χ1v) is 9.87. The number of rotatable bonds is 4. The summed E-state index contributed by atoms with van der Waals surface area (Å²) in [5.41, 5.74) is 0.836. The van der Waals surface area contributed by atoms with Gasteiger partial charge in [0.15, 0.2) is 5.82 Å². The van der Waals surface area contributed by atoms with Gasteiger partial charge in [0.05, 0.1) is 7.11 Å². The first kappa shape index (κ1) is 17.5. The number of hydrogen-bond donors (Lipinski definition) is 2. The average Bonchev–Trinajstić information content (AvgIpc) is 3.29. The molecule has 2 aliphatic heterocycles. The highest BCUT2D eigenvalue weighted by Crippen LogP contribution is 2.48. The molecule has 1 atom stereocenters. The van der Waals surface area contributed by atoms with Gasteiger partial charge in [-0.05, 0) is 44.2 Å². The van der Waals surface area contributed by atoms with Gasteiger partial charge in [0.25, 0.3) is 0 Å². The molecule has 0 radical (unpaired) electrons. The Morgan fingerprint density at radius 3 is 2.68 bits per heavy atom. The van der Waals surface area contributed by atoms with Gasteiger partial charge in [-0.15, -0.1) is 0 Å². The molecule has 8 heteroatoms. The van der Waals surface area contributed by atoms with Crippen LogP contribution in [0.25, 0.3) is 0 Å². The molecule has 2 amide bonds. The van der Waals surface area contributed by atoms with Crippen LogP contribution in [0.5, 0.6) is 5.75 Å². The molecule has 1 aliphatic carbocycles. The van der Waals surface area contributed by atoms with Crippen LogP contribution in [-0.4, -0.2) is 71.3 Å². The van der Waals surface area contributed by atoms with Crippen molar-refractivity contribution >= 4 is 11.7 Å². The highest BCUT2D eigenvalue weighted by Gasteiger charge is 2.56. The number of aromatic nitrogens is 3. The number of aromatic amines is 1. The second kappa shape index (κ2) is 6.48. The summed E-state index contributed by atoms with van der Waals surface area (Å²) in [5, 5.41) is 10.6.